The van der Waals surface area contributed by atoms with Crippen LogP contribution in [0.5, 0.6) is 5.75 Å². The van der Waals surface area contributed by atoms with Crippen molar-refractivity contribution >= 4 is 79.7 Å². The van der Waals surface area contributed by atoms with Crippen LogP contribution in [-0.2, 0) is 22.6 Å². The fourth-order valence-electron chi connectivity index (χ4n) is 3.48. The molecule has 1 aliphatic rings. The molecule has 6 nitrogen and oxygen atoms in total. The molecule has 1 aliphatic heterocycles. The summed E-state index contributed by atoms with van der Waals surface area (Å²) in [6, 6.07) is 17.4. The number of rotatable bonds is 6. The number of barbiturate groups is 1. The van der Waals surface area contributed by atoms with Crippen molar-refractivity contribution in [3.8, 4) is 5.75 Å². The van der Waals surface area contributed by atoms with Crippen molar-refractivity contribution in [3.05, 3.63) is 96.0 Å². The fourth-order valence-corrected chi connectivity index (χ4v) is 4.82. The van der Waals surface area contributed by atoms with Crippen LogP contribution in [0.4, 0.5) is 10.5 Å². The highest BCUT2D eigenvalue weighted by Gasteiger charge is 2.36. The number of anilines is 1. The van der Waals surface area contributed by atoms with Crippen LogP contribution in [0.15, 0.2) is 70.7 Å². The van der Waals surface area contributed by atoms with Gasteiger partial charge in [-0.15, -0.1) is 0 Å². The highest BCUT2D eigenvalue weighted by molar-refractivity contribution is 14.1. The predicted octanol–water partition coefficient (Wildman–Crippen LogP) is 6.51. The summed E-state index contributed by atoms with van der Waals surface area (Å²) < 4.78 is 7.58. The maximum atomic E-state index is 13.1. The van der Waals surface area contributed by atoms with Crippen LogP contribution in [-0.4, -0.2) is 17.8 Å². The van der Waals surface area contributed by atoms with Crippen LogP contribution in [0.2, 0.25) is 5.02 Å². The van der Waals surface area contributed by atoms with Crippen molar-refractivity contribution in [2.24, 2.45) is 0 Å². The smallest absolute Gasteiger partial charge is 0.335 e. The number of hydrogen-bond acceptors (Lipinski definition) is 4. The topological polar surface area (TPSA) is 75.7 Å². The molecule has 0 aromatic heterocycles. The number of nitrogens with one attached hydrogen (secondary N) is 1. The van der Waals surface area contributed by atoms with Gasteiger partial charge in [-0.25, -0.2) is 9.69 Å². The zero-order valence-corrected chi connectivity index (χ0v) is 23.0. The SMILES string of the molecule is CCc1ccc(N2C(=O)NC(=O)/C(=C/c3cc(Cl)c(OCc4ccc(I)cc4)c(Br)c3)C2=O)cc1. The van der Waals surface area contributed by atoms with Crippen molar-refractivity contribution < 1.29 is 19.1 Å². The number of ether oxygens (including phenoxy) is 1. The second kappa shape index (κ2) is 10.9. The summed E-state index contributed by atoms with van der Waals surface area (Å²) in [6.07, 6.45) is 2.22. The average Bonchev–Trinajstić information content (AvgIpc) is 2.82. The third-order valence-corrected chi connectivity index (χ3v) is 6.92. The Morgan fingerprint density at radius 1 is 1.03 bits per heavy atom. The second-order valence-corrected chi connectivity index (χ2v) is 10.2. The first kappa shape index (κ1) is 25.4. The van der Waals surface area contributed by atoms with E-state index in [9.17, 15) is 14.4 Å². The molecule has 3 aromatic rings. The molecule has 0 aliphatic carbocycles. The predicted molar refractivity (Wildman–Crippen MR) is 147 cm³/mol. The van der Waals surface area contributed by atoms with Crippen molar-refractivity contribution in [1.29, 1.82) is 0 Å². The molecule has 0 bridgehead atoms. The van der Waals surface area contributed by atoms with Gasteiger partial charge in [0.25, 0.3) is 11.8 Å². The fraction of sp³-hybridized carbons (Fsp3) is 0.115. The lowest BCUT2D eigenvalue weighted by atomic mass is 10.1. The van der Waals surface area contributed by atoms with Crippen LogP contribution >= 0.6 is 50.1 Å². The number of amides is 4. The number of halogens is 3. The highest BCUT2D eigenvalue weighted by atomic mass is 127. The highest BCUT2D eigenvalue weighted by Crippen LogP contribution is 2.36. The summed E-state index contributed by atoms with van der Waals surface area (Å²) in [6.45, 7) is 2.33. The van der Waals surface area contributed by atoms with E-state index in [0.717, 1.165) is 26.0 Å². The Hall–Kier alpha value is -2.69. The van der Waals surface area contributed by atoms with Crippen LogP contribution in [0.3, 0.4) is 0 Å². The lowest BCUT2D eigenvalue weighted by molar-refractivity contribution is -0.122. The first-order chi connectivity index (χ1) is 16.8. The number of hydrogen-bond donors (Lipinski definition) is 1. The number of benzene rings is 3. The van der Waals surface area contributed by atoms with Gasteiger partial charge in [-0.1, -0.05) is 42.8 Å². The summed E-state index contributed by atoms with van der Waals surface area (Å²) in [4.78, 5) is 39.0. The molecule has 0 radical (unpaired) electrons. The minimum absolute atomic E-state index is 0.181. The minimum atomic E-state index is -0.792. The zero-order chi connectivity index (χ0) is 25.1. The molecule has 3 aromatic carbocycles. The summed E-state index contributed by atoms with van der Waals surface area (Å²) >= 11 is 12.2. The van der Waals surface area contributed by atoms with Gasteiger partial charge in [0.2, 0.25) is 0 Å². The van der Waals surface area contributed by atoms with Gasteiger partial charge in [-0.3, -0.25) is 14.9 Å². The Kier molecular flexibility index (Phi) is 7.93. The molecule has 4 rings (SSSR count). The molecule has 35 heavy (non-hydrogen) atoms. The van der Waals surface area contributed by atoms with Gasteiger partial charge in [0, 0.05) is 3.57 Å². The van der Waals surface area contributed by atoms with Gasteiger partial charge in [0.15, 0.2) is 5.75 Å². The van der Waals surface area contributed by atoms with Gasteiger partial charge in [0.05, 0.1) is 15.2 Å². The van der Waals surface area contributed by atoms with E-state index in [1.54, 1.807) is 24.3 Å². The summed E-state index contributed by atoms with van der Waals surface area (Å²) in [5.41, 5.74) is 2.74. The first-order valence-corrected chi connectivity index (χ1v) is 12.9. The number of aryl methyl sites for hydroxylation is 1. The average molecular weight is 666 g/mol. The molecule has 1 saturated heterocycles. The lowest BCUT2D eigenvalue weighted by Crippen LogP contribution is -2.54. The second-order valence-electron chi connectivity index (χ2n) is 7.71. The number of imide groups is 2. The van der Waals surface area contributed by atoms with E-state index in [0.29, 0.717) is 33.1 Å². The van der Waals surface area contributed by atoms with E-state index < -0.39 is 17.8 Å². The van der Waals surface area contributed by atoms with E-state index in [4.69, 9.17) is 16.3 Å². The third-order valence-electron chi connectivity index (χ3n) is 5.33. The normalized spacial score (nSPS) is 14.9. The Morgan fingerprint density at radius 3 is 2.31 bits per heavy atom. The Morgan fingerprint density at radius 2 is 1.69 bits per heavy atom. The van der Waals surface area contributed by atoms with Crippen molar-refractivity contribution in [2.45, 2.75) is 20.0 Å². The molecule has 178 valence electrons. The monoisotopic (exact) mass is 664 g/mol. The van der Waals surface area contributed by atoms with Crippen LogP contribution in [0.25, 0.3) is 6.08 Å². The maximum Gasteiger partial charge on any atom is 0.335 e. The van der Waals surface area contributed by atoms with E-state index in [1.807, 2.05) is 43.3 Å². The van der Waals surface area contributed by atoms with Crippen molar-refractivity contribution in [3.63, 3.8) is 0 Å². The van der Waals surface area contributed by atoms with Gasteiger partial charge in [-0.2, -0.15) is 0 Å². The molecule has 1 fully saturated rings. The minimum Gasteiger partial charge on any atom is -0.486 e. The summed E-state index contributed by atoms with van der Waals surface area (Å²) in [5.74, 6) is -1.04. The largest absolute Gasteiger partial charge is 0.486 e. The summed E-state index contributed by atoms with van der Waals surface area (Å²) in [7, 11) is 0. The standard InChI is InChI=1S/C26H19BrClIN2O4/c1-2-15-5-9-19(10-6-15)31-25(33)20(24(32)30-26(31)34)11-17-12-21(27)23(22(28)13-17)35-14-16-3-7-18(29)8-4-16/h3-13H,2,14H2,1H3,(H,30,32,34)/b20-11-. The van der Waals surface area contributed by atoms with Crippen molar-refractivity contribution in [2.75, 3.05) is 4.90 Å². The van der Waals surface area contributed by atoms with E-state index in [1.165, 1.54) is 6.08 Å². The number of carbonyl (C=O) groups excluding carboxylic acids is 3. The van der Waals surface area contributed by atoms with E-state index in [2.05, 4.69) is 43.8 Å². The number of urea groups is 1. The molecule has 0 atom stereocenters. The van der Waals surface area contributed by atoms with Crippen LogP contribution < -0.4 is 15.0 Å². The van der Waals surface area contributed by atoms with Crippen molar-refractivity contribution in [1.82, 2.24) is 5.32 Å². The molecule has 9 heteroatoms. The quantitative estimate of drug-likeness (QED) is 0.185. The molecule has 1 heterocycles. The number of carbonyl (C=O) groups is 3. The lowest BCUT2D eigenvalue weighted by Gasteiger charge is -2.26. The number of nitrogens with zero attached hydrogens (tertiary/aromatic N) is 1. The van der Waals surface area contributed by atoms with Gasteiger partial charge in [0.1, 0.15) is 12.2 Å². The maximum absolute atomic E-state index is 13.1. The molecule has 1 N–H and O–H groups in total. The molecule has 0 spiro atoms. The van der Waals surface area contributed by atoms with Crippen LogP contribution in [0, 0.1) is 3.57 Å². The molecule has 0 unspecified atom stereocenters. The third kappa shape index (κ3) is 5.76. The van der Waals surface area contributed by atoms with Crippen LogP contribution in [0.1, 0.15) is 23.6 Å². The molecule has 0 saturated carbocycles. The molecule has 4 amide bonds. The zero-order valence-electron chi connectivity index (χ0n) is 18.5. The van der Waals surface area contributed by atoms with E-state index >= 15 is 0 Å². The van der Waals surface area contributed by atoms with E-state index in [-0.39, 0.29) is 5.57 Å². The Labute approximate surface area is 229 Å². The molecular weight excluding hydrogens is 647 g/mol. The van der Waals surface area contributed by atoms with Gasteiger partial charge in [-0.05, 0) is 104 Å². The Balaban J connectivity index is 1.59. The summed E-state index contributed by atoms with van der Waals surface area (Å²) in [5, 5.41) is 2.54. The first-order valence-electron chi connectivity index (χ1n) is 10.6. The Bertz CT molecular complexity index is 1320. The van der Waals surface area contributed by atoms with Gasteiger partial charge < -0.3 is 4.74 Å². The van der Waals surface area contributed by atoms with Gasteiger partial charge >= 0.3 is 6.03 Å². The molecular formula is C26H19BrClIN2O4.